The van der Waals surface area contributed by atoms with Crippen molar-refractivity contribution in [2.24, 2.45) is 0 Å². The van der Waals surface area contributed by atoms with Crippen LogP contribution in [0.2, 0.25) is 0 Å². The largest absolute Gasteiger partial charge is 0.497 e. The first-order valence-electron chi connectivity index (χ1n) is 8.79. The molecule has 2 aromatic heterocycles. The van der Waals surface area contributed by atoms with Gasteiger partial charge in [0.05, 0.1) is 18.3 Å². The molecule has 148 valence electrons. The molecule has 0 saturated carbocycles. The minimum Gasteiger partial charge on any atom is -0.497 e. The topological polar surface area (TPSA) is 94.6 Å². The highest BCUT2D eigenvalue weighted by Gasteiger charge is 2.29. The average molecular weight is 410 g/mol. The molecule has 0 fully saturated rings. The van der Waals surface area contributed by atoms with Gasteiger partial charge in [-0.2, -0.15) is 4.98 Å². The third-order valence-corrected chi connectivity index (χ3v) is 5.93. The SMILES string of the molecule is COc1ccc(S(=O)(=O)c2nc(-c3ccco3)oc2NCc2ccccc2)cc1. The van der Waals surface area contributed by atoms with Crippen molar-refractivity contribution in [1.29, 1.82) is 0 Å². The van der Waals surface area contributed by atoms with Gasteiger partial charge < -0.3 is 18.9 Å². The summed E-state index contributed by atoms with van der Waals surface area (Å²) in [5, 5.41) is 2.83. The number of nitrogens with one attached hydrogen (secondary N) is 1. The zero-order chi connectivity index (χ0) is 20.3. The molecule has 8 heteroatoms. The lowest BCUT2D eigenvalue weighted by Crippen LogP contribution is -2.07. The summed E-state index contributed by atoms with van der Waals surface area (Å²) in [6.45, 7) is 0.374. The van der Waals surface area contributed by atoms with Gasteiger partial charge in [0, 0.05) is 6.54 Å². The lowest BCUT2D eigenvalue weighted by atomic mass is 10.2. The first kappa shape index (κ1) is 18.8. The minimum absolute atomic E-state index is 0.0519. The average Bonchev–Trinajstić information content (AvgIpc) is 3.43. The number of hydrogen-bond acceptors (Lipinski definition) is 7. The summed E-state index contributed by atoms with van der Waals surface area (Å²) in [6, 6.07) is 19.0. The molecule has 4 aromatic rings. The normalized spacial score (nSPS) is 11.3. The van der Waals surface area contributed by atoms with E-state index in [2.05, 4.69) is 10.3 Å². The summed E-state index contributed by atoms with van der Waals surface area (Å²) >= 11 is 0. The lowest BCUT2D eigenvalue weighted by molar-refractivity contribution is 0.414. The number of sulfone groups is 1. The standard InChI is InChI=1S/C21H18N2O5S/c1-26-16-9-11-17(12-10-16)29(24,25)21-20(22-14-15-6-3-2-4-7-15)28-19(23-21)18-8-5-13-27-18/h2-13,22H,14H2,1H3. The van der Waals surface area contributed by atoms with Gasteiger partial charge in [0.1, 0.15) is 5.75 Å². The Labute approximate surface area is 167 Å². The molecule has 0 amide bonds. The Balaban J connectivity index is 1.73. The maximum atomic E-state index is 13.2. The van der Waals surface area contributed by atoms with Crippen LogP contribution in [0.1, 0.15) is 5.56 Å². The fourth-order valence-electron chi connectivity index (χ4n) is 2.75. The fraction of sp³-hybridized carbons (Fsp3) is 0.0952. The van der Waals surface area contributed by atoms with E-state index >= 15 is 0 Å². The zero-order valence-electron chi connectivity index (χ0n) is 15.5. The van der Waals surface area contributed by atoms with Gasteiger partial charge in [0.15, 0.2) is 5.76 Å². The molecular formula is C21H18N2O5S. The summed E-state index contributed by atoms with van der Waals surface area (Å²) in [7, 11) is -2.42. The molecule has 7 nitrogen and oxygen atoms in total. The highest BCUT2D eigenvalue weighted by molar-refractivity contribution is 7.91. The zero-order valence-corrected chi connectivity index (χ0v) is 16.3. The number of methoxy groups -OCH3 is 1. The highest BCUT2D eigenvalue weighted by atomic mass is 32.2. The van der Waals surface area contributed by atoms with Gasteiger partial charge in [-0.15, -0.1) is 0 Å². The summed E-state index contributed by atoms with van der Waals surface area (Å²) in [6.07, 6.45) is 1.47. The van der Waals surface area contributed by atoms with Gasteiger partial charge in [-0.25, -0.2) is 8.42 Å². The van der Waals surface area contributed by atoms with Crippen LogP contribution in [0.4, 0.5) is 5.88 Å². The first-order valence-corrected chi connectivity index (χ1v) is 10.3. The van der Waals surface area contributed by atoms with E-state index in [1.54, 1.807) is 24.3 Å². The van der Waals surface area contributed by atoms with Crippen LogP contribution < -0.4 is 10.1 Å². The molecule has 0 aliphatic rings. The van der Waals surface area contributed by atoms with Crippen LogP contribution in [-0.2, 0) is 16.4 Å². The molecule has 2 heterocycles. The Morgan fingerprint density at radius 2 is 1.76 bits per heavy atom. The smallest absolute Gasteiger partial charge is 0.266 e. The number of rotatable bonds is 7. The van der Waals surface area contributed by atoms with E-state index in [0.717, 1.165) is 5.56 Å². The van der Waals surface area contributed by atoms with Gasteiger partial charge in [0.25, 0.3) is 5.89 Å². The molecule has 29 heavy (non-hydrogen) atoms. The number of aromatic nitrogens is 1. The predicted octanol–water partition coefficient (Wildman–Crippen LogP) is 4.39. The Hall–Kier alpha value is -3.52. The summed E-state index contributed by atoms with van der Waals surface area (Å²) in [4.78, 5) is 4.30. The Morgan fingerprint density at radius 1 is 1.00 bits per heavy atom. The Bertz CT molecular complexity index is 1180. The molecule has 2 aromatic carbocycles. The van der Waals surface area contributed by atoms with Crippen LogP contribution in [-0.4, -0.2) is 20.5 Å². The monoisotopic (exact) mass is 410 g/mol. The van der Waals surface area contributed by atoms with Crippen molar-refractivity contribution in [3.63, 3.8) is 0 Å². The predicted molar refractivity (Wildman–Crippen MR) is 106 cm³/mol. The maximum Gasteiger partial charge on any atom is 0.266 e. The third-order valence-electron chi connectivity index (χ3n) is 4.25. The number of furan rings is 1. The second kappa shape index (κ2) is 7.84. The van der Waals surface area contributed by atoms with Crippen LogP contribution in [0.5, 0.6) is 5.75 Å². The van der Waals surface area contributed by atoms with Crippen molar-refractivity contribution >= 4 is 15.7 Å². The van der Waals surface area contributed by atoms with Crippen molar-refractivity contribution in [2.75, 3.05) is 12.4 Å². The summed E-state index contributed by atoms with van der Waals surface area (Å²) in [5.41, 5.74) is 0.969. The van der Waals surface area contributed by atoms with Crippen LogP contribution in [0.3, 0.4) is 0 Å². The molecule has 0 spiro atoms. The van der Waals surface area contributed by atoms with E-state index in [1.807, 2.05) is 30.3 Å². The van der Waals surface area contributed by atoms with Crippen molar-refractivity contribution in [3.05, 3.63) is 78.6 Å². The van der Waals surface area contributed by atoms with Crippen molar-refractivity contribution in [1.82, 2.24) is 4.98 Å². The second-order valence-electron chi connectivity index (χ2n) is 6.15. The van der Waals surface area contributed by atoms with Crippen LogP contribution in [0.25, 0.3) is 11.7 Å². The van der Waals surface area contributed by atoms with E-state index in [4.69, 9.17) is 13.6 Å². The summed E-state index contributed by atoms with van der Waals surface area (Å²) in [5.74, 6) is 1.03. The van der Waals surface area contributed by atoms with Crippen LogP contribution >= 0.6 is 0 Å². The van der Waals surface area contributed by atoms with Gasteiger partial charge in [-0.3, -0.25) is 0 Å². The van der Waals surface area contributed by atoms with Gasteiger partial charge in [-0.1, -0.05) is 30.3 Å². The highest BCUT2D eigenvalue weighted by Crippen LogP contribution is 2.33. The molecule has 0 saturated heterocycles. The fourth-order valence-corrected chi connectivity index (χ4v) is 4.03. The van der Waals surface area contributed by atoms with Crippen molar-refractivity contribution in [3.8, 4) is 17.4 Å². The molecule has 0 unspecified atom stereocenters. The van der Waals surface area contributed by atoms with E-state index in [0.29, 0.717) is 18.1 Å². The quantitative estimate of drug-likeness (QED) is 0.483. The second-order valence-corrected chi connectivity index (χ2v) is 8.01. The maximum absolute atomic E-state index is 13.2. The number of oxazole rings is 1. The molecule has 0 atom stereocenters. The number of anilines is 1. The van der Waals surface area contributed by atoms with Gasteiger partial charge in [-0.05, 0) is 42.0 Å². The number of hydrogen-bond donors (Lipinski definition) is 1. The molecule has 0 aliphatic carbocycles. The number of ether oxygens (including phenoxy) is 1. The molecule has 0 aliphatic heterocycles. The summed E-state index contributed by atoms with van der Waals surface area (Å²) < 4.78 is 42.5. The molecule has 1 N–H and O–H groups in total. The molecular weight excluding hydrogens is 392 g/mol. The van der Waals surface area contributed by atoms with Gasteiger partial charge >= 0.3 is 0 Å². The van der Waals surface area contributed by atoms with Crippen molar-refractivity contribution in [2.45, 2.75) is 16.5 Å². The number of benzene rings is 2. The third kappa shape index (κ3) is 3.88. The van der Waals surface area contributed by atoms with Crippen LogP contribution in [0, 0.1) is 0 Å². The van der Waals surface area contributed by atoms with E-state index in [-0.39, 0.29) is 21.7 Å². The Morgan fingerprint density at radius 3 is 2.41 bits per heavy atom. The number of nitrogens with zero attached hydrogens (tertiary/aromatic N) is 1. The molecule has 4 rings (SSSR count). The van der Waals surface area contributed by atoms with Gasteiger partial charge in [0.2, 0.25) is 20.7 Å². The van der Waals surface area contributed by atoms with E-state index in [9.17, 15) is 8.42 Å². The van der Waals surface area contributed by atoms with Crippen molar-refractivity contribution < 1.29 is 22.0 Å². The van der Waals surface area contributed by atoms with Crippen LogP contribution in [0.15, 0.2) is 91.7 Å². The lowest BCUT2D eigenvalue weighted by Gasteiger charge is -2.07. The van der Waals surface area contributed by atoms with E-state index in [1.165, 1.54) is 25.5 Å². The minimum atomic E-state index is -3.93. The molecule has 0 bridgehead atoms. The first-order chi connectivity index (χ1) is 14.1. The van der Waals surface area contributed by atoms with E-state index < -0.39 is 9.84 Å². The molecule has 0 radical (unpaired) electrons. The Kier molecular flexibility index (Phi) is 5.09.